The molecule has 1 aliphatic carbocycles. The Kier molecular flexibility index (Phi) is 4.78. The fourth-order valence-electron chi connectivity index (χ4n) is 3.34. The molecule has 2 heterocycles. The number of nitrogens with two attached hydrogens (primary N) is 1. The van der Waals surface area contributed by atoms with Crippen LogP contribution in [-0.2, 0) is 13.6 Å². The summed E-state index contributed by atoms with van der Waals surface area (Å²) in [6, 6.07) is 3.69. The Morgan fingerprint density at radius 3 is 2.96 bits per heavy atom. The first-order valence-corrected chi connectivity index (χ1v) is 8.40. The Hall–Kier alpha value is -2.77. The highest BCUT2D eigenvalue weighted by atomic mass is 16.2. The Bertz CT molecular complexity index is 909. The standard InChI is InChI=1S/C18H21N5O2/c1-21-17(24)9-16(22-8-4-7-15(20)12-22)23(18(21)25)11-14-6-3-2-5-13(14)10-19/h3,6,9,13-15H,4,7-8,11-12,20H2,1H3/t13?,14?,15-/m1/s1. The molecule has 3 rings (SSSR count). The smallest absolute Gasteiger partial charge is 0.332 e. The van der Waals surface area contributed by atoms with Crippen molar-refractivity contribution in [3.8, 4) is 17.9 Å². The van der Waals surface area contributed by atoms with Gasteiger partial charge in [-0.1, -0.05) is 17.9 Å². The normalized spacial score (nSPS) is 25.2. The van der Waals surface area contributed by atoms with Crippen LogP contribution >= 0.6 is 0 Å². The average molecular weight is 339 g/mol. The van der Waals surface area contributed by atoms with Crippen LogP contribution in [0.25, 0.3) is 0 Å². The summed E-state index contributed by atoms with van der Waals surface area (Å²) >= 11 is 0. The number of hydrogen-bond acceptors (Lipinski definition) is 5. The van der Waals surface area contributed by atoms with Gasteiger partial charge in [-0.15, -0.1) is 0 Å². The molecule has 0 amide bonds. The first kappa shape index (κ1) is 17.1. The predicted octanol–water partition coefficient (Wildman–Crippen LogP) is -0.196. The summed E-state index contributed by atoms with van der Waals surface area (Å²) in [4.78, 5) is 26.9. The number of rotatable bonds is 3. The van der Waals surface area contributed by atoms with Gasteiger partial charge in [-0.3, -0.25) is 13.9 Å². The molecule has 0 radical (unpaired) electrons. The van der Waals surface area contributed by atoms with Gasteiger partial charge in [0.2, 0.25) is 0 Å². The summed E-state index contributed by atoms with van der Waals surface area (Å²) in [5, 5.41) is 9.30. The van der Waals surface area contributed by atoms with E-state index in [0.29, 0.717) is 18.9 Å². The van der Waals surface area contributed by atoms with Gasteiger partial charge in [-0.05, 0) is 18.9 Å². The Labute approximate surface area is 146 Å². The monoisotopic (exact) mass is 339 g/mol. The molecular formula is C18H21N5O2. The maximum atomic E-state index is 12.7. The molecular weight excluding hydrogens is 318 g/mol. The van der Waals surface area contributed by atoms with E-state index in [1.54, 1.807) is 10.6 Å². The van der Waals surface area contributed by atoms with Crippen LogP contribution in [-0.4, -0.2) is 28.3 Å². The fraction of sp³-hybridized carbons (Fsp3) is 0.500. The Morgan fingerprint density at radius 1 is 1.44 bits per heavy atom. The fourth-order valence-corrected chi connectivity index (χ4v) is 3.34. The van der Waals surface area contributed by atoms with Crippen molar-refractivity contribution in [2.24, 2.45) is 24.6 Å². The number of allylic oxidation sites excluding steroid dienone is 2. The minimum atomic E-state index is -0.467. The summed E-state index contributed by atoms with van der Waals surface area (Å²) in [6.07, 6.45) is 5.42. The van der Waals surface area contributed by atoms with E-state index in [0.717, 1.165) is 24.0 Å². The van der Waals surface area contributed by atoms with E-state index < -0.39 is 5.92 Å². The van der Waals surface area contributed by atoms with E-state index in [2.05, 4.69) is 17.9 Å². The molecule has 2 unspecified atom stereocenters. The van der Waals surface area contributed by atoms with Gasteiger partial charge in [-0.2, -0.15) is 5.26 Å². The van der Waals surface area contributed by atoms with Crippen molar-refractivity contribution < 1.29 is 0 Å². The Balaban J connectivity index is 2.03. The number of hydrogen-bond donors (Lipinski definition) is 1. The molecule has 1 aromatic heterocycles. The molecule has 0 spiro atoms. The van der Waals surface area contributed by atoms with Crippen molar-refractivity contribution in [2.75, 3.05) is 18.0 Å². The summed E-state index contributed by atoms with van der Waals surface area (Å²) < 4.78 is 2.67. The van der Waals surface area contributed by atoms with Gasteiger partial charge < -0.3 is 10.6 Å². The van der Waals surface area contributed by atoms with E-state index in [4.69, 9.17) is 5.73 Å². The van der Waals surface area contributed by atoms with Crippen LogP contribution in [0.4, 0.5) is 5.82 Å². The zero-order chi connectivity index (χ0) is 18.0. The third-order valence-corrected chi connectivity index (χ3v) is 4.79. The Morgan fingerprint density at radius 2 is 2.24 bits per heavy atom. The molecule has 1 fully saturated rings. The molecule has 0 saturated carbocycles. The summed E-state index contributed by atoms with van der Waals surface area (Å²) in [7, 11) is 1.46. The van der Waals surface area contributed by atoms with Crippen molar-refractivity contribution in [3.63, 3.8) is 0 Å². The third-order valence-electron chi connectivity index (χ3n) is 4.79. The second-order valence-electron chi connectivity index (χ2n) is 6.56. The van der Waals surface area contributed by atoms with E-state index in [9.17, 15) is 14.9 Å². The lowest BCUT2D eigenvalue weighted by Gasteiger charge is -2.34. The molecule has 1 aliphatic heterocycles. The predicted molar refractivity (Wildman–Crippen MR) is 94.9 cm³/mol. The van der Waals surface area contributed by atoms with Crippen molar-refractivity contribution in [2.45, 2.75) is 25.4 Å². The quantitative estimate of drug-likeness (QED) is 0.770. The van der Waals surface area contributed by atoms with E-state index in [1.165, 1.54) is 13.1 Å². The van der Waals surface area contributed by atoms with Crippen LogP contribution in [0.1, 0.15) is 12.8 Å². The minimum Gasteiger partial charge on any atom is -0.356 e. The third kappa shape index (κ3) is 3.38. The summed E-state index contributed by atoms with van der Waals surface area (Å²) in [6.45, 7) is 1.66. The molecule has 7 nitrogen and oxygen atoms in total. The molecule has 0 bridgehead atoms. The highest BCUT2D eigenvalue weighted by Gasteiger charge is 2.25. The second-order valence-corrected chi connectivity index (χ2v) is 6.56. The van der Waals surface area contributed by atoms with E-state index >= 15 is 0 Å². The topological polar surface area (TPSA) is 97.1 Å². The number of piperidine rings is 1. The van der Waals surface area contributed by atoms with Crippen molar-refractivity contribution >= 4 is 5.82 Å². The molecule has 1 saturated heterocycles. The van der Waals surface area contributed by atoms with Crippen LogP contribution in [0.5, 0.6) is 0 Å². The largest absolute Gasteiger partial charge is 0.356 e. The maximum absolute atomic E-state index is 12.7. The lowest BCUT2D eigenvalue weighted by atomic mass is 9.91. The van der Waals surface area contributed by atoms with Crippen molar-refractivity contribution in [1.82, 2.24) is 9.13 Å². The minimum absolute atomic E-state index is 0.0219. The average Bonchev–Trinajstić information content (AvgIpc) is 2.62. The first-order valence-electron chi connectivity index (χ1n) is 8.40. The number of nitriles is 1. The molecule has 7 heteroatoms. The van der Waals surface area contributed by atoms with Gasteiger partial charge in [0.1, 0.15) is 11.7 Å². The lowest BCUT2D eigenvalue weighted by molar-refractivity contribution is 0.440. The summed E-state index contributed by atoms with van der Waals surface area (Å²) in [5.74, 6) is 5.59. The van der Waals surface area contributed by atoms with Crippen molar-refractivity contribution in [1.29, 1.82) is 5.26 Å². The van der Waals surface area contributed by atoms with Gasteiger partial charge in [-0.25, -0.2) is 4.79 Å². The zero-order valence-corrected chi connectivity index (χ0v) is 14.2. The highest BCUT2D eigenvalue weighted by Crippen LogP contribution is 2.22. The zero-order valence-electron chi connectivity index (χ0n) is 14.2. The maximum Gasteiger partial charge on any atom is 0.332 e. The van der Waals surface area contributed by atoms with Crippen molar-refractivity contribution in [3.05, 3.63) is 39.1 Å². The molecule has 0 aromatic carbocycles. The van der Waals surface area contributed by atoms with Gasteiger partial charge in [0.25, 0.3) is 5.56 Å². The number of nitrogens with zero attached hydrogens (tertiary/aromatic N) is 4. The van der Waals surface area contributed by atoms with Gasteiger partial charge in [0, 0.05) is 44.7 Å². The molecule has 2 N–H and O–H groups in total. The van der Waals surface area contributed by atoms with E-state index in [-0.39, 0.29) is 23.2 Å². The number of anilines is 1. The van der Waals surface area contributed by atoms with Gasteiger partial charge in [0.05, 0.1) is 6.07 Å². The van der Waals surface area contributed by atoms with Crippen LogP contribution in [0.2, 0.25) is 0 Å². The van der Waals surface area contributed by atoms with Crippen LogP contribution < -0.4 is 21.9 Å². The van der Waals surface area contributed by atoms with Crippen LogP contribution in [0, 0.1) is 35.0 Å². The SMILES string of the molecule is Cn1c(=O)cc(N2CCC[C@@H](N)C2)n(CC2C=CC#CC2C#N)c1=O. The molecule has 2 aliphatic rings. The first-order chi connectivity index (χ1) is 12.0. The van der Waals surface area contributed by atoms with Gasteiger partial charge >= 0.3 is 5.69 Å². The van der Waals surface area contributed by atoms with E-state index in [1.807, 2.05) is 11.0 Å². The molecule has 3 atom stereocenters. The summed E-state index contributed by atoms with van der Waals surface area (Å²) in [5.41, 5.74) is 5.34. The molecule has 25 heavy (non-hydrogen) atoms. The second kappa shape index (κ2) is 7.00. The van der Waals surface area contributed by atoms with Crippen LogP contribution in [0.3, 0.4) is 0 Å². The number of aromatic nitrogens is 2. The molecule has 130 valence electrons. The lowest BCUT2D eigenvalue weighted by Crippen LogP contribution is -2.48. The highest BCUT2D eigenvalue weighted by molar-refractivity contribution is 5.40. The van der Waals surface area contributed by atoms with Crippen LogP contribution in [0.15, 0.2) is 27.8 Å². The van der Waals surface area contributed by atoms with Gasteiger partial charge in [0.15, 0.2) is 0 Å². The molecule has 1 aromatic rings.